The minimum Gasteiger partial charge on any atom is -0.508 e. The molecular formula is C38H40O20. The monoisotopic (exact) mass is 816 g/mol. The Morgan fingerprint density at radius 2 is 1.41 bits per heavy atom. The second-order valence-corrected chi connectivity index (χ2v) is 13.2. The maximum atomic E-state index is 14.0. The van der Waals surface area contributed by atoms with Crippen molar-refractivity contribution in [2.75, 3.05) is 27.4 Å². The first kappa shape index (κ1) is 41.9. The number of fused-ring (bicyclic) bond motifs is 1. The number of aliphatic hydroxyl groups excluding tert-OH is 6. The highest BCUT2D eigenvalue weighted by Gasteiger charge is 2.52. The van der Waals surface area contributed by atoms with E-state index in [1.54, 1.807) is 0 Å². The molecule has 312 valence electrons. The van der Waals surface area contributed by atoms with Gasteiger partial charge in [-0.05, 0) is 48.0 Å². The summed E-state index contributed by atoms with van der Waals surface area (Å²) >= 11 is 0. The molecule has 10 unspecified atom stereocenters. The number of methoxy groups -OCH3 is 2. The lowest BCUT2D eigenvalue weighted by molar-refractivity contribution is -0.358. The summed E-state index contributed by atoms with van der Waals surface area (Å²) in [4.78, 5) is 26.6. The topological polar surface area (TPSA) is 314 Å². The Labute approximate surface area is 327 Å². The van der Waals surface area contributed by atoms with E-state index < -0.39 is 109 Å². The second-order valence-electron chi connectivity index (χ2n) is 13.2. The third kappa shape index (κ3) is 8.45. The molecule has 0 amide bonds. The van der Waals surface area contributed by atoms with Gasteiger partial charge in [0.15, 0.2) is 29.7 Å². The third-order valence-corrected chi connectivity index (χ3v) is 9.37. The van der Waals surface area contributed by atoms with Gasteiger partial charge in [0.2, 0.25) is 23.2 Å². The lowest BCUT2D eigenvalue weighted by Crippen LogP contribution is -2.65. The molecule has 0 aliphatic carbocycles. The fourth-order valence-electron chi connectivity index (χ4n) is 6.30. The molecule has 4 aromatic rings. The third-order valence-electron chi connectivity index (χ3n) is 9.37. The van der Waals surface area contributed by atoms with E-state index in [1.165, 1.54) is 56.7 Å². The highest BCUT2D eigenvalue weighted by molar-refractivity contribution is 5.88. The molecule has 20 nitrogen and oxygen atoms in total. The number of aliphatic hydroxyl groups is 6. The van der Waals surface area contributed by atoms with Crippen LogP contribution in [0.4, 0.5) is 0 Å². The van der Waals surface area contributed by atoms with E-state index in [0.29, 0.717) is 5.56 Å². The van der Waals surface area contributed by atoms with Crippen molar-refractivity contribution in [1.29, 1.82) is 0 Å². The number of hydrogen-bond donors (Lipinski definition) is 10. The van der Waals surface area contributed by atoms with Crippen LogP contribution < -0.4 is 19.6 Å². The zero-order valence-corrected chi connectivity index (χ0v) is 30.5. The summed E-state index contributed by atoms with van der Waals surface area (Å²) in [5.74, 6) is -3.44. The van der Waals surface area contributed by atoms with Gasteiger partial charge in [-0.15, -0.1) is 0 Å². The average Bonchev–Trinajstić information content (AvgIpc) is 3.20. The van der Waals surface area contributed by atoms with Crippen LogP contribution in [-0.2, 0) is 23.7 Å². The van der Waals surface area contributed by atoms with Crippen molar-refractivity contribution in [3.8, 4) is 51.6 Å². The quantitative estimate of drug-likeness (QED) is 0.0640. The Morgan fingerprint density at radius 1 is 0.776 bits per heavy atom. The molecule has 3 heterocycles. The summed E-state index contributed by atoms with van der Waals surface area (Å²) < 4.78 is 44.4. The molecule has 3 aromatic carbocycles. The summed E-state index contributed by atoms with van der Waals surface area (Å²) in [5, 5.41) is 104. The van der Waals surface area contributed by atoms with Gasteiger partial charge in [0.05, 0.1) is 20.8 Å². The Balaban J connectivity index is 1.26. The van der Waals surface area contributed by atoms with Crippen molar-refractivity contribution >= 4 is 23.0 Å². The molecule has 2 saturated heterocycles. The molecule has 2 fully saturated rings. The second kappa shape index (κ2) is 17.4. The predicted molar refractivity (Wildman–Crippen MR) is 194 cm³/mol. The van der Waals surface area contributed by atoms with Crippen LogP contribution >= 0.6 is 0 Å². The highest BCUT2D eigenvalue weighted by atomic mass is 16.8. The Kier molecular flexibility index (Phi) is 12.6. The van der Waals surface area contributed by atoms with Crippen LogP contribution in [0.2, 0.25) is 0 Å². The molecule has 1 aromatic heterocycles. The van der Waals surface area contributed by atoms with E-state index in [2.05, 4.69) is 0 Å². The minimum absolute atomic E-state index is 0.0594. The SMILES string of the molecule is COc1cc(C=CC(=O)OCC2OC(OC3C(Oc4c(-c5ccc(O)cc5)oc5cc(O)cc(O)c5c4=O)OC(CO)C(O)C3O)C(O)C(O)C2O)cc(OC)c1O. The van der Waals surface area contributed by atoms with Crippen LogP contribution in [0.5, 0.6) is 40.2 Å². The number of esters is 1. The van der Waals surface area contributed by atoms with Gasteiger partial charge in [-0.25, -0.2) is 4.79 Å². The first-order chi connectivity index (χ1) is 27.6. The normalized spacial score (nSPS) is 27.4. The molecule has 6 rings (SSSR count). The van der Waals surface area contributed by atoms with Gasteiger partial charge in [-0.1, -0.05) is 0 Å². The van der Waals surface area contributed by atoms with E-state index in [1.807, 2.05) is 0 Å². The van der Waals surface area contributed by atoms with Gasteiger partial charge in [0.1, 0.15) is 77.6 Å². The lowest BCUT2D eigenvalue weighted by atomic mass is 9.97. The van der Waals surface area contributed by atoms with Crippen molar-refractivity contribution in [2.24, 2.45) is 0 Å². The van der Waals surface area contributed by atoms with E-state index in [0.717, 1.165) is 18.2 Å². The first-order valence-electron chi connectivity index (χ1n) is 17.4. The predicted octanol–water partition coefficient (Wildman–Crippen LogP) is -0.433. The Bertz CT molecular complexity index is 2160. The molecule has 10 N–H and O–H groups in total. The molecule has 0 saturated carbocycles. The number of phenolic OH excluding ortho intramolecular Hbond substituents is 4. The number of ether oxygens (including phenoxy) is 7. The number of carbonyl (C=O) groups excluding carboxylic acids is 1. The van der Waals surface area contributed by atoms with Crippen LogP contribution in [0.25, 0.3) is 28.4 Å². The van der Waals surface area contributed by atoms with E-state index in [4.69, 9.17) is 37.6 Å². The van der Waals surface area contributed by atoms with Gasteiger partial charge in [0, 0.05) is 23.8 Å². The van der Waals surface area contributed by atoms with Gasteiger partial charge in [0.25, 0.3) is 0 Å². The number of rotatable bonds is 12. The largest absolute Gasteiger partial charge is 0.508 e. The van der Waals surface area contributed by atoms with Crippen molar-refractivity contribution in [2.45, 2.75) is 61.4 Å². The summed E-state index contributed by atoms with van der Waals surface area (Å²) in [6.45, 7) is -1.60. The van der Waals surface area contributed by atoms with Crippen LogP contribution in [0.1, 0.15) is 5.56 Å². The maximum Gasteiger partial charge on any atom is 0.330 e. The number of aromatic hydroxyl groups is 4. The van der Waals surface area contributed by atoms with Crippen LogP contribution in [-0.4, -0.2) is 146 Å². The van der Waals surface area contributed by atoms with Crippen molar-refractivity contribution < 1.29 is 93.4 Å². The van der Waals surface area contributed by atoms with Crippen LogP contribution in [0, 0.1) is 0 Å². The van der Waals surface area contributed by atoms with Gasteiger partial charge in [-0.2, -0.15) is 0 Å². The standard InChI is InChI=1S/C38H40O20/c1-51-21-9-15(10-22(52-2)27(21)44)3-8-25(43)53-14-24-29(46)31(48)33(50)37(56-24)58-36-32(49)28(45)23(13-39)55-38(36)57-35-30(47)26-19(42)11-18(41)12-20(26)54-34(35)16-4-6-17(40)7-5-16/h3-12,23-24,28-29,31-33,36-42,44-46,48-50H,13-14H2,1-2H3. The fourth-order valence-corrected chi connectivity index (χ4v) is 6.30. The van der Waals surface area contributed by atoms with Crippen molar-refractivity contribution in [1.82, 2.24) is 0 Å². The van der Waals surface area contributed by atoms with Crippen LogP contribution in [0.3, 0.4) is 0 Å². The summed E-state index contributed by atoms with van der Waals surface area (Å²) in [5.41, 5.74) is -0.821. The van der Waals surface area contributed by atoms with E-state index in [-0.39, 0.29) is 39.9 Å². The van der Waals surface area contributed by atoms with Crippen molar-refractivity contribution in [3.05, 3.63) is 70.4 Å². The van der Waals surface area contributed by atoms with Crippen LogP contribution in [0.15, 0.2) is 63.8 Å². The molecule has 0 spiro atoms. The zero-order chi connectivity index (χ0) is 42.0. The number of hydrogen-bond acceptors (Lipinski definition) is 20. The smallest absolute Gasteiger partial charge is 0.330 e. The molecule has 20 heteroatoms. The van der Waals surface area contributed by atoms with E-state index >= 15 is 0 Å². The molecular weight excluding hydrogens is 776 g/mol. The summed E-state index contributed by atoms with van der Waals surface area (Å²) in [7, 11) is 2.63. The molecule has 2 aliphatic heterocycles. The summed E-state index contributed by atoms with van der Waals surface area (Å²) in [6.07, 6.45) is -16.5. The Morgan fingerprint density at radius 3 is 2.05 bits per heavy atom. The number of phenols is 4. The fraction of sp³-hybridized carbons (Fsp3) is 0.368. The van der Waals surface area contributed by atoms with Gasteiger partial charge in [-0.3, -0.25) is 4.79 Å². The molecule has 58 heavy (non-hydrogen) atoms. The lowest BCUT2D eigenvalue weighted by Gasteiger charge is -2.45. The number of carbonyl (C=O) groups is 1. The molecule has 10 atom stereocenters. The summed E-state index contributed by atoms with van der Waals surface area (Å²) in [6, 6.07) is 9.91. The maximum absolute atomic E-state index is 14.0. The van der Waals surface area contributed by atoms with Gasteiger partial charge < -0.3 is 88.6 Å². The minimum atomic E-state index is -2.05. The van der Waals surface area contributed by atoms with E-state index in [9.17, 15) is 60.7 Å². The zero-order valence-electron chi connectivity index (χ0n) is 30.5. The number of benzene rings is 3. The molecule has 0 radical (unpaired) electrons. The Hall–Kier alpha value is -5.68. The average molecular weight is 817 g/mol. The first-order valence-corrected chi connectivity index (χ1v) is 17.4. The van der Waals surface area contributed by atoms with Gasteiger partial charge >= 0.3 is 5.97 Å². The molecule has 2 aliphatic rings. The molecule has 0 bridgehead atoms. The highest BCUT2D eigenvalue weighted by Crippen LogP contribution is 2.39. The van der Waals surface area contributed by atoms with Crippen molar-refractivity contribution in [3.63, 3.8) is 0 Å².